The average Bonchev–Trinajstić information content (AvgIpc) is 2.57. The van der Waals surface area contributed by atoms with Crippen molar-refractivity contribution in [2.75, 3.05) is 39.3 Å². The number of amides is 3. The number of halogens is 2. The fraction of sp³-hybridized carbons (Fsp3) is 0.467. The molecule has 2 rings (SSSR count). The van der Waals surface area contributed by atoms with Gasteiger partial charge in [0.05, 0.1) is 6.54 Å². The number of rotatable bonds is 5. The Bertz CT molecular complexity index is 780. The van der Waals surface area contributed by atoms with Gasteiger partial charge in [0.1, 0.15) is 16.5 Å². The zero-order chi connectivity index (χ0) is 19.3. The summed E-state index contributed by atoms with van der Waals surface area (Å²) in [5.74, 6) is -2.37. The van der Waals surface area contributed by atoms with Gasteiger partial charge in [0.2, 0.25) is 15.9 Å². The number of urea groups is 1. The highest BCUT2D eigenvalue weighted by atomic mass is 32.2. The number of carbonyl (C=O) groups excluding carboxylic acids is 2. The molecule has 0 spiro atoms. The highest BCUT2D eigenvalue weighted by molar-refractivity contribution is 7.89. The highest BCUT2D eigenvalue weighted by Crippen LogP contribution is 2.21. The summed E-state index contributed by atoms with van der Waals surface area (Å²) in [4.78, 5) is 24.0. The predicted molar refractivity (Wildman–Crippen MR) is 88.8 cm³/mol. The Morgan fingerprint density at radius 3 is 2.42 bits per heavy atom. The van der Waals surface area contributed by atoms with Gasteiger partial charge in [-0.25, -0.2) is 22.0 Å². The number of piperazine rings is 1. The molecule has 1 aliphatic heterocycles. The van der Waals surface area contributed by atoms with Gasteiger partial charge in [0.15, 0.2) is 0 Å². The third kappa shape index (κ3) is 4.96. The lowest BCUT2D eigenvalue weighted by Crippen LogP contribution is -2.52. The van der Waals surface area contributed by atoms with E-state index in [0.29, 0.717) is 12.6 Å². The van der Waals surface area contributed by atoms with Crippen LogP contribution in [0.15, 0.2) is 23.1 Å². The second-order valence-electron chi connectivity index (χ2n) is 5.66. The average molecular weight is 390 g/mol. The van der Waals surface area contributed by atoms with Crippen molar-refractivity contribution in [2.45, 2.75) is 11.8 Å². The molecule has 0 aromatic heterocycles. The minimum absolute atomic E-state index is 0.0206. The van der Waals surface area contributed by atoms with Gasteiger partial charge in [-0.3, -0.25) is 15.0 Å². The van der Waals surface area contributed by atoms with Crippen molar-refractivity contribution in [3.05, 3.63) is 29.8 Å². The lowest BCUT2D eigenvalue weighted by molar-refractivity contribution is -0.121. The van der Waals surface area contributed by atoms with E-state index in [0.717, 1.165) is 16.4 Å². The minimum atomic E-state index is -4.17. The Kier molecular flexibility index (Phi) is 6.62. The number of sulfonamides is 1. The maximum absolute atomic E-state index is 13.8. The number of benzene rings is 1. The first-order valence-corrected chi connectivity index (χ1v) is 9.43. The SMILES string of the molecule is CCNC(=O)NC(=O)CN1CCN(S(=O)(=O)c2cc(F)ccc2F)CC1. The van der Waals surface area contributed by atoms with Crippen molar-refractivity contribution < 1.29 is 26.8 Å². The van der Waals surface area contributed by atoms with E-state index in [-0.39, 0.29) is 32.7 Å². The van der Waals surface area contributed by atoms with Gasteiger partial charge in [-0.05, 0) is 25.1 Å². The monoisotopic (exact) mass is 390 g/mol. The molecule has 2 N–H and O–H groups in total. The molecule has 1 aromatic rings. The Morgan fingerprint density at radius 1 is 1.15 bits per heavy atom. The van der Waals surface area contributed by atoms with Crippen molar-refractivity contribution >= 4 is 22.0 Å². The van der Waals surface area contributed by atoms with Gasteiger partial charge in [-0.2, -0.15) is 4.31 Å². The van der Waals surface area contributed by atoms with Crippen molar-refractivity contribution in [1.29, 1.82) is 0 Å². The Hall–Kier alpha value is -2.11. The minimum Gasteiger partial charge on any atom is -0.338 e. The van der Waals surface area contributed by atoms with Crippen LogP contribution in [0.25, 0.3) is 0 Å². The second kappa shape index (κ2) is 8.52. The third-order valence-corrected chi connectivity index (χ3v) is 5.71. The highest BCUT2D eigenvalue weighted by Gasteiger charge is 2.31. The Labute approximate surface area is 150 Å². The number of nitrogens with one attached hydrogen (secondary N) is 2. The van der Waals surface area contributed by atoms with Crippen molar-refractivity contribution in [3.8, 4) is 0 Å². The largest absolute Gasteiger partial charge is 0.338 e. The van der Waals surface area contributed by atoms with Gasteiger partial charge in [0, 0.05) is 32.7 Å². The molecule has 0 radical (unpaired) electrons. The van der Waals surface area contributed by atoms with Gasteiger partial charge >= 0.3 is 6.03 Å². The number of nitrogens with zero attached hydrogens (tertiary/aromatic N) is 2. The smallest absolute Gasteiger partial charge is 0.321 e. The van der Waals surface area contributed by atoms with E-state index in [2.05, 4.69) is 10.6 Å². The summed E-state index contributed by atoms with van der Waals surface area (Å²) in [6, 6.07) is 1.67. The first-order valence-electron chi connectivity index (χ1n) is 7.99. The number of hydrogen-bond donors (Lipinski definition) is 2. The van der Waals surface area contributed by atoms with Gasteiger partial charge in [0.25, 0.3) is 0 Å². The summed E-state index contributed by atoms with van der Waals surface area (Å²) in [5, 5.41) is 4.58. The molecule has 0 bridgehead atoms. The van der Waals surface area contributed by atoms with Crippen molar-refractivity contribution in [1.82, 2.24) is 19.8 Å². The van der Waals surface area contributed by atoms with Crippen LogP contribution in [-0.4, -0.2) is 68.8 Å². The summed E-state index contributed by atoms with van der Waals surface area (Å²) in [7, 11) is -4.17. The molecule has 1 aliphatic rings. The topological polar surface area (TPSA) is 98.8 Å². The zero-order valence-corrected chi connectivity index (χ0v) is 15.0. The molecule has 0 atom stereocenters. The van der Waals surface area contributed by atoms with Gasteiger partial charge < -0.3 is 5.32 Å². The fourth-order valence-corrected chi connectivity index (χ4v) is 4.01. The molecule has 1 saturated heterocycles. The number of carbonyl (C=O) groups is 2. The molecule has 0 aliphatic carbocycles. The number of hydrogen-bond acceptors (Lipinski definition) is 5. The van der Waals surface area contributed by atoms with E-state index < -0.39 is 38.5 Å². The fourth-order valence-electron chi connectivity index (χ4n) is 2.52. The van der Waals surface area contributed by atoms with E-state index in [1.165, 1.54) is 0 Å². The van der Waals surface area contributed by atoms with Crippen LogP contribution in [0.3, 0.4) is 0 Å². The summed E-state index contributed by atoms with van der Waals surface area (Å²) in [6.07, 6.45) is 0. The summed E-state index contributed by atoms with van der Waals surface area (Å²) in [6.45, 7) is 2.51. The molecule has 1 fully saturated rings. The summed E-state index contributed by atoms with van der Waals surface area (Å²) >= 11 is 0. The maximum Gasteiger partial charge on any atom is 0.321 e. The quantitative estimate of drug-likeness (QED) is 0.744. The van der Waals surface area contributed by atoms with Crippen molar-refractivity contribution in [3.63, 3.8) is 0 Å². The maximum atomic E-state index is 13.8. The summed E-state index contributed by atoms with van der Waals surface area (Å²) < 4.78 is 53.0. The van der Waals surface area contributed by atoms with Crippen LogP contribution in [0.1, 0.15) is 6.92 Å². The predicted octanol–water partition coefficient (Wildman–Crippen LogP) is 0.117. The van der Waals surface area contributed by atoms with E-state index in [4.69, 9.17) is 0 Å². The van der Waals surface area contributed by atoms with Crippen LogP contribution >= 0.6 is 0 Å². The van der Waals surface area contributed by atoms with E-state index in [1.54, 1.807) is 11.8 Å². The van der Waals surface area contributed by atoms with Crippen LogP contribution in [0, 0.1) is 11.6 Å². The lowest BCUT2D eigenvalue weighted by Gasteiger charge is -2.33. The molecular formula is C15H20F2N4O4S. The molecule has 11 heteroatoms. The molecule has 0 saturated carbocycles. The second-order valence-corrected chi connectivity index (χ2v) is 7.57. The summed E-state index contributed by atoms with van der Waals surface area (Å²) in [5.41, 5.74) is 0. The van der Waals surface area contributed by atoms with Crippen LogP contribution in [-0.2, 0) is 14.8 Å². The van der Waals surface area contributed by atoms with Gasteiger partial charge in [-0.1, -0.05) is 0 Å². The van der Waals surface area contributed by atoms with E-state index in [1.807, 2.05) is 0 Å². The Morgan fingerprint density at radius 2 is 1.81 bits per heavy atom. The molecule has 1 aromatic carbocycles. The molecule has 144 valence electrons. The number of imide groups is 1. The lowest BCUT2D eigenvalue weighted by atomic mass is 10.3. The van der Waals surface area contributed by atoms with Crippen molar-refractivity contribution in [2.24, 2.45) is 0 Å². The van der Waals surface area contributed by atoms with E-state index >= 15 is 0 Å². The van der Waals surface area contributed by atoms with Crippen LogP contribution in [0.2, 0.25) is 0 Å². The standard InChI is InChI=1S/C15H20F2N4O4S/c1-2-18-15(23)19-14(22)10-20-5-7-21(8-6-20)26(24,25)13-9-11(16)3-4-12(13)17/h3-4,9H,2,5-8,10H2,1H3,(H2,18,19,22,23). The van der Waals surface area contributed by atoms with Crippen LogP contribution in [0.4, 0.5) is 13.6 Å². The zero-order valence-electron chi connectivity index (χ0n) is 14.2. The molecule has 1 heterocycles. The van der Waals surface area contributed by atoms with Crippen LogP contribution in [0.5, 0.6) is 0 Å². The molecule has 8 nitrogen and oxygen atoms in total. The first-order chi connectivity index (χ1) is 12.2. The van der Waals surface area contributed by atoms with E-state index in [9.17, 15) is 26.8 Å². The molecule has 0 unspecified atom stereocenters. The Balaban J connectivity index is 1.94. The normalized spacial score (nSPS) is 16.3. The molecule has 26 heavy (non-hydrogen) atoms. The molecule has 3 amide bonds. The van der Waals surface area contributed by atoms with Crippen LogP contribution < -0.4 is 10.6 Å². The first kappa shape index (κ1) is 20.2. The third-order valence-electron chi connectivity index (χ3n) is 3.80. The molecular weight excluding hydrogens is 370 g/mol. The van der Waals surface area contributed by atoms with Gasteiger partial charge in [-0.15, -0.1) is 0 Å².